The van der Waals surface area contributed by atoms with Gasteiger partial charge in [-0.05, 0) is 0 Å². The fraction of sp³-hybridized carbons (Fsp3) is 0.800. The van der Waals surface area contributed by atoms with Crippen molar-refractivity contribution in [3.63, 3.8) is 0 Å². The number of hydrogen-bond acceptors (Lipinski definition) is 1. The van der Waals surface area contributed by atoms with Crippen molar-refractivity contribution in [2.75, 3.05) is 0 Å². The molecule has 0 aliphatic rings. The molecule has 2 heteroatoms. The van der Waals surface area contributed by atoms with Crippen molar-refractivity contribution in [1.29, 1.82) is 0 Å². The fourth-order valence-electron chi connectivity index (χ4n) is 0. The maximum absolute atomic E-state index is 2.16. The van der Waals surface area contributed by atoms with E-state index in [9.17, 15) is 0 Å². The molecule has 0 saturated heterocycles. The van der Waals surface area contributed by atoms with Gasteiger partial charge in [-0.3, -0.25) is 0 Å². The third-order valence-corrected chi connectivity index (χ3v) is 0.707. The summed E-state index contributed by atoms with van der Waals surface area (Å²) in [7, 11) is 0. The quantitative estimate of drug-likeness (QED) is 0.373. The van der Waals surface area contributed by atoms with E-state index < -0.39 is 0 Å². The van der Waals surface area contributed by atoms with E-state index in [1.807, 2.05) is 0 Å². The summed E-state index contributed by atoms with van der Waals surface area (Å²) >= 11 is 0. The van der Waals surface area contributed by atoms with Crippen LogP contribution in [0, 0.1) is 5.92 Å². The van der Waals surface area contributed by atoms with Crippen LogP contribution in [0.3, 0.4) is 0 Å². The summed E-state index contributed by atoms with van der Waals surface area (Å²) in [6.45, 7) is 6.44. The van der Waals surface area contributed by atoms with Gasteiger partial charge in [0.2, 0.25) is 0 Å². The zero-order valence-electron chi connectivity index (χ0n) is 5.36. The minimum absolute atomic E-state index is 0. The SMILES string of the molecule is CC[C-](C)C.[Mg+2].[OH-]. The van der Waals surface area contributed by atoms with E-state index in [2.05, 4.69) is 20.8 Å². The van der Waals surface area contributed by atoms with Crippen LogP contribution in [0.1, 0.15) is 27.2 Å². The molecule has 1 nitrogen and oxygen atoms in total. The van der Waals surface area contributed by atoms with E-state index >= 15 is 0 Å². The first kappa shape index (κ1) is 15.6. The maximum atomic E-state index is 2.16. The van der Waals surface area contributed by atoms with E-state index in [0.717, 1.165) is 0 Å². The standard InChI is InChI=1S/C5H11.Mg.H2O/c1-4-5(2)3;;/h4H2,1-3H3;;1H2/q-1;+2;/p-1. The average Bonchev–Trinajstić information content (AvgIpc) is 1.38. The monoisotopic (exact) mass is 112 g/mol. The normalized spacial score (nSPS) is 6.86. The molecule has 0 aliphatic heterocycles. The predicted octanol–water partition coefficient (Wildman–Crippen LogP) is 1.45. The number of hydrogen-bond donors (Lipinski definition) is 0. The Morgan fingerprint density at radius 1 is 1.29 bits per heavy atom. The molecule has 0 atom stereocenters. The van der Waals surface area contributed by atoms with Gasteiger partial charge in [0.05, 0.1) is 0 Å². The van der Waals surface area contributed by atoms with Crippen LogP contribution in [0.25, 0.3) is 0 Å². The van der Waals surface area contributed by atoms with Gasteiger partial charge < -0.3 is 11.4 Å². The molecule has 1 N–H and O–H groups in total. The molecule has 0 aromatic heterocycles. The minimum Gasteiger partial charge on any atom is -0.870 e. The molecule has 40 valence electrons. The molecule has 0 saturated carbocycles. The second-order valence-corrected chi connectivity index (χ2v) is 1.56. The second-order valence-electron chi connectivity index (χ2n) is 1.56. The molecular weight excluding hydrogens is 100 g/mol. The average molecular weight is 112 g/mol. The van der Waals surface area contributed by atoms with Gasteiger partial charge >= 0.3 is 23.1 Å². The number of rotatable bonds is 1. The largest absolute Gasteiger partial charge is 2.00 e. The van der Waals surface area contributed by atoms with Gasteiger partial charge in [0.25, 0.3) is 0 Å². The molecule has 0 fully saturated rings. The molecular formula is C5H12MgO. The Kier molecular flexibility index (Phi) is 22.1. The third-order valence-electron chi connectivity index (χ3n) is 0.707. The molecule has 0 bridgehead atoms. The zero-order valence-corrected chi connectivity index (χ0v) is 6.78. The van der Waals surface area contributed by atoms with Crippen molar-refractivity contribution in [2.45, 2.75) is 27.2 Å². The zero-order chi connectivity index (χ0) is 4.28. The van der Waals surface area contributed by atoms with E-state index in [-0.39, 0.29) is 28.5 Å². The molecule has 0 unspecified atom stereocenters. The molecule has 0 aromatic carbocycles. The van der Waals surface area contributed by atoms with E-state index in [1.54, 1.807) is 0 Å². The summed E-state index contributed by atoms with van der Waals surface area (Å²) in [5.74, 6) is 1.50. The van der Waals surface area contributed by atoms with Crippen molar-refractivity contribution in [1.82, 2.24) is 0 Å². The molecule has 0 spiro atoms. The molecule has 7 heavy (non-hydrogen) atoms. The van der Waals surface area contributed by atoms with Crippen LogP contribution >= 0.6 is 0 Å². The summed E-state index contributed by atoms with van der Waals surface area (Å²) in [5, 5.41) is 0. The van der Waals surface area contributed by atoms with Gasteiger partial charge in [-0.25, -0.2) is 0 Å². The molecule has 0 aromatic rings. The topological polar surface area (TPSA) is 30.0 Å². The molecule has 0 amide bonds. The van der Waals surface area contributed by atoms with Gasteiger partial charge in [-0.15, -0.1) is 0 Å². The fourth-order valence-corrected chi connectivity index (χ4v) is 0. The van der Waals surface area contributed by atoms with Crippen molar-refractivity contribution in [2.24, 2.45) is 0 Å². The van der Waals surface area contributed by atoms with Gasteiger partial charge in [-0.2, -0.15) is 20.3 Å². The van der Waals surface area contributed by atoms with Crippen LogP contribution in [0.5, 0.6) is 0 Å². The first-order valence-electron chi connectivity index (χ1n) is 2.06. The minimum atomic E-state index is 0. The Labute approximate surface area is 61.9 Å². The Hall–Kier alpha value is 0.726. The summed E-state index contributed by atoms with van der Waals surface area (Å²) in [6.07, 6.45) is 1.22. The maximum Gasteiger partial charge on any atom is 2.00 e. The Bertz CT molecular complexity index is 22.0. The Morgan fingerprint density at radius 2 is 1.43 bits per heavy atom. The van der Waals surface area contributed by atoms with Crippen LogP contribution in [0.15, 0.2) is 0 Å². The van der Waals surface area contributed by atoms with Gasteiger partial charge in [0.1, 0.15) is 0 Å². The van der Waals surface area contributed by atoms with Crippen molar-refractivity contribution in [3.05, 3.63) is 5.92 Å². The van der Waals surface area contributed by atoms with Gasteiger partial charge in [0, 0.05) is 0 Å². The summed E-state index contributed by atoms with van der Waals surface area (Å²) < 4.78 is 0. The third kappa shape index (κ3) is 20.2. The molecule has 0 heterocycles. The predicted molar refractivity (Wildman–Crippen MR) is 32.6 cm³/mol. The first-order valence-corrected chi connectivity index (χ1v) is 2.06. The summed E-state index contributed by atoms with van der Waals surface area (Å²) in [5.41, 5.74) is 0. The van der Waals surface area contributed by atoms with Gasteiger partial charge in [0.15, 0.2) is 0 Å². The van der Waals surface area contributed by atoms with Crippen molar-refractivity contribution >= 4 is 23.1 Å². The van der Waals surface area contributed by atoms with Crippen LogP contribution in [0.2, 0.25) is 0 Å². The van der Waals surface area contributed by atoms with Crippen LogP contribution < -0.4 is 0 Å². The van der Waals surface area contributed by atoms with E-state index in [0.29, 0.717) is 0 Å². The van der Waals surface area contributed by atoms with Crippen molar-refractivity contribution < 1.29 is 5.48 Å². The molecule has 0 aliphatic carbocycles. The van der Waals surface area contributed by atoms with E-state index in [1.165, 1.54) is 12.3 Å². The first-order chi connectivity index (χ1) is 2.27. The summed E-state index contributed by atoms with van der Waals surface area (Å²) in [4.78, 5) is 0. The second kappa shape index (κ2) is 9.87. The van der Waals surface area contributed by atoms with Crippen LogP contribution in [0.4, 0.5) is 0 Å². The summed E-state index contributed by atoms with van der Waals surface area (Å²) in [6, 6.07) is 0. The Balaban J connectivity index is -0.0000000800. The van der Waals surface area contributed by atoms with Crippen molar-refractivity contribution in [3.8, 4) is 0 Å². The van der Waals surface area contributed by atoms with E-state index in [4.69, 9.17) is 0 Å². The molecule has 0 rings (SSSR count). The smallest absolute Gasteiger partial charge is 0.870 e. The van der Waals surface area contributed by atoms with Gasteiger partial charge in [-0.1, -0.05) is 6.92 Å². The van der Waals surface area contributed by atoms with Crippen LogP contribution in [-0.4, -0.2) is 28.5 Å². The van der Waals surface area contributed by atoms with Crippen LogP contribution in [-0.2, 0) is 0 Å². The molecule has 0 radical (unpaired) electrons. The Morgan fingerprint density at radius 3 is 1.43 bits per heavy atom.